The summed E-state index contributed by atoms with van der Waals surface area (Å²) >= 11 is 0. The van der Waals surface area contributed by atoms with Crippen molar-refractivity contribution in [3.63, 3.8) is 0 Å². The van der Waals surface area contributed by atoms with Crippen LogP contribution in [0.4, 0.5) is 0 Å². The molecule has 0 radical (unpaired) electrons. The van der Waals surface area contributed by atoms with Gasteiger partial charge in [0.2, 0.25) is 20.0 Å². The molecule has 0 atom stereocenters. The van der Waals surface area contributed by atoms with Gasteiger partial charge in [0.05, 0.1) is 16.9 Å². The minimum absolute atomic E-state index is 0.108. The number of carbonyl (C=O) groups is 2. The van der Waals surface area contributed by atoms with Gasteiger partial charge in [-0.3, -0.25) is 14.4 Å². The molecule has 0 aromatic heterocycles. The highest BCUT2D eigenvalue weighted by Crippen LogP contribution is 2.18. The quantitative estimate of drug-likeness (QED) is 0.308. The molecule has 0 saturated carbocycles. The zero-order valence-corrected chi connectivity index (χ0v) is 24.1. The molecule has 0 fully saturated rings. The first-order valence-corrected chi connectivity index (χ1v) is 14.7. The number of benzene rings is 2. The first-order chi connectivity index (χ1) is 17.3. The SMILES string of the molecule is CCN(CC)S(=O)(=O)c1cccc(C(=O)N(C)OC)c1.CCN(CC)S(=O)(=O)c1cccc(C(C)=O)c1. The van der Waals surface area contributed by atoms with Gasteiger partial charge in [0, 0.05) is 44.4 Å². The Morgan fingerprint density at radius 1 is 0.730 bits per heavy atom. The Kier molecular flexibility index (Phi) is 12.6. The summed E-state index contributed by atoms with van der Waals surface area (Å²) in [5.74, 6) is -0.536. The highest BCUT2D eigenvalue weighted by Gasteiger charge is 2.23. The zero-order valence-electron chi connectivity index (χ0n) is 22.5. The van der Waals surface area contributed by atoms with E-state index in [2.05, 4.69) is 0 Å². The van der Waals surface area contributed by atoms with E-state index in [1.165, 1.54) is 54.0 Å². The predicted molar refractivity (Wildman–Crippen MR) is 142 cm³/mol. The van der Waals surface area contributed by atoms with Crippen LogP contribution in [0.25, 0.3) is 0 Å². The molecule has 2 rings (SSSR count). The van der Waals surface area contributed by atoms with Gasteiger partial charge in [0.25, 0.3) is 5.91 Å². The van der Waals surface area contributed by atoms with Crippen LogP contribution in [0.2, 0.25) is 0 Å². The lowest BCUT2D eigenvalue weighted by molar-refractivity contribution is -0.0757. The number of hydroxylamine groups is 2. The van der Waals surface area contributed by atoms with E-state index in [0.29, 0.717) is 31.7 Å². The molecule has 0 aliphatic carbocycles. The largest absolute Gasteiger partial charge is 0.295 e. The van der Waals surface area contributed by atoms with Crippen LogP contribution in [0.15, 0.2) is 58.3 Å². The summed E-state index contributed by atoms with van der Waals surface area (Å²) in [6.45, 7) is 10.1. The molecule has 206 valence electrons. The number of amides is 1. The maximum atomic E-state index is 12.4. The van der Waals surface area contributed by atoms with Crippen LogP contribution in [0.1, 0.15) is 55.3 Å². The molecule has 0 bridgehead atoms. The van der Waals surface area contributed by atoms with E-state index in [0.717, 1.165) is 5.06 Å². The number of hydrogen-bond acceptors (Lipinski definition) is 7. The minimum Gasteiger partial charge on any atom is -0.295 e. The first-order valence-electron chi connectivity index (χ1n) is 11.8. The van der Waals surface area contributed by atoms with E-state index < -0.39 is 26.0 Å². The van der Waals surface area contributed by atoms with Crippen LogP contribution in [0, 0.1) is 0 Å². The number of Topliss-reactive ketones (excluding diaryl/α,β-unsaturated/α-hetero) is 1. The molecule has 10 nitrogen and oxygen atoms in total. The van der Waals surface area contributed by atoms with Gasteiger partial charge in [0.15, 0.2) is 5.78 Å². The number of carbonyl (C=O) groups excluding carboxylic acids is 2. The summed E-state index contributed by atoms with van der Waals surface area (Å²) < 4.78 is 51.8. The average molecular weight is 556 g/mol. The summed E-state index contributed by atoms with van der Waals surface area (Å²) in [4.78, 5) is 28.3. The number of rotatable bonds is 11. The maximum absolute atomic E-state index is 12.4. The van der Waals surface area contributed by atoms with Gasteiger partial charge in [-0.2, -0.15) is 8.61 Å². The molecular weight excluding hydrogens is 518 g/mol. The van der Waals surface area contributed by atoms with E-state index in [1.54, 1.807) is 52.0 Å². The van der Waals surface area contributed by atoms with Gasteiger partial charge in [0.1, 0.15) is 0 Å². The lowest BCUT2D eigenvalue weighted by atomic mass is 10.2. The monoisotopic (exact) mass is 555 g/mol. The van der Waals surface area contributed by atoms with Crippen molar-refractivity contribution in [1.82, 2.24) is 13.7 Å². The van der Waals surface area contributed by atoms with Gasteiger partial charge in [-0.15, -0.1) is 0 Å². The molecule has 1 amide bonds. The second-order valence-electron chi connectivity index (χ2n) is 7.78. The van der Waals surface area contributed by atoms with Crippen LogP contribution < -0.4 is 0 Å². The second-order valence-corrected chi connectivity index (χ2v) is 11.7. The minimum atomic E-state index is -3.57. The van der Waals surface area contributed by atoms with E-state index >= 15 is 0 Å². The standard InChI is InChI=1S/C13H20N2O4S.C12H17NO3S/c1-5-15(6-2)20(17,18)12-9-7-8-11(10-12)13(16)14(3)19-4;1-4-13(5-2)17(15,16)12-8-6-7-11(9-12)10(3)14/h7-10H,5-6H2,1-4H3;6-9H,4-5H2,1-3H3. The second kappa shape index (κ2) is 14.3. The van der Waals surface area contributed by atoms with Crippen molar-refractivity contribution in [2.75, 3.05) is 40.3 Å². The molecule has 37 heavy (non-hydrogen) atoms. The summed E-state index contributed by atoms with van der Waals surface area (Å²) in [6.07, 6.45) is 0. The molecule has 0 unspecified atom stereocenters. The third-order valence-corrected chi connectivity index (χ3v) is 9.66. The zero-order chi connectivity index (χ0) is 28.4. The van der Waals surface area contributed by atoms with E-state index in [4.69, 9.17) is 4.84 Å². The molecule has 0 heterocycles. The molecule has 2 aromatic carbocycles. The van der Waals surface area contributed by atoms with Crippen LogP contribution in [-0.4, -0.2) is 82.5 Å². The van der Waals surface area contributed by atoms with Gasteiger partial charge >= 0.3 is 0 Å². The van der Waals surface area contributed by atoms with Crippen molar-refractivity contribution in [1.29, 1.82) is 0 Å². The Morgan fingerprint density at radius 3 is 1.46 bits per heavy atom. The fraction of sp³-hybridized carbons (Fsp3) is 0.440. The Balaban J connectivity index is 0.000000375. The van der Waals surface area contributed by atoms with Crippen LogP contribution in [-0.2, 0) is 24.9 Å². The van der Waals surface area contributed by atoms with E-state index in [1.807, 2.05) is 0 Å². The van der Waals surface area contributed by atoms with Gasteiger partial charge in [-0.05, 0) is 37.3 Å². The van der Waals surface area contributed by atoms with Gasteiger partial charge in [-0.25, -0.2) is 21.9 Å². The van der Waals surface area contributed by atoms with Crippen molar-refractivity contribution in [3.8, 4) is 0 Å². The van der Waals surface area contributed by atoms with Gasteiger partial charge < -0.3 is 0 Å². The molecular formula is C25H37N3O7S2. The van der Waals surface area contributed by atoms with Crippen molar-refractivity contribution in [2.45, 2.75) is 44.4 Å². The van der Waals surface area contributed by atoms with Gasteiger partial charge in [-0.1, -0.05) is 45.9 Å². The van der Waals surface area contributed by atoms with Crippen molar-refractivity contribution in [3.05, 3.63) is 59.7 Å². The van der Waals surface area contributed by atoms with Crippen LogP contribution in [0.5, 0.6) is 0 Å². The average Bonchev–Trinajstić information content (AvgIpc) is 2.89. The molecule has 0 spiro atoms. The third kappa shape index (κ3) is 8.17. The Bertz CT molecular complexity index is 1270. The predicted octanol–water partition coefficient (Wildman–Crippen LogP) is 3.27. The van der Waals surface area contributed by atoms with E-state index in [-0.39, 0.29) is 21.1 Å². The highest BCUT2D eigenvalue weighted by atomic mass is 32.2. The van der Waals surface area contributed by atoms with Crippen molar-refractivity contribution < 1.29 is 31.3 Å². The number of sulfonamides is 2. The Morgan fingerprint density at radius 2 is 1.11 bits per heavy atom. The number of ketones is 1. The number of hydrogen-bond donors (Lipinski definition) is 0. The summed E-state index contributed by atoms with van der Waals surface area (Å²) in [5, 5.41) is 1.04. The number of nitrogens with zero attached hydrogens (tertiary/aromatic N) is 3. The maximum Gasteiger partial charge on any atom is 0.277 e. The Hall–Kier alpha value is -2.64. The lowest BCUT2D eigenvalue weighted by Gasteiger charge is -2.19. The Labute approximate surface area is 220 Å². The van der Waals surface area contributed by atoms with Crippen molar-refractivity contribution in [2.24, 2.45) is 0 Å². The van der Waals surface area contributed by atoms with Crippen LogP contribution >= 0.6 is 0 Å². The summed E-state index contributed by atoms with van der Waals surface area (Å²) in [6, 6.07) is 12.1. The van der Waals surface area contributed by atoms with E-state index in [9.17, 15) is 26.4 Å². The smallest absolute Gasteiger partial charge is 0.277 e. The topological polar surface area (TPSA) is 121 Å². The molecule has 2 aromatic rings. The molecule has 0 N–H and O–H groups in total. The fourth-order valence-electron chi connectivity index (χ4n) is 3.36. The summed E-state index contributed by atoms with van der Waals surface area (Å²) in [7, 11) is -4.21. The van der Waals surface area contributed by atoms with Crippen LogP contribution in [0.3, 0.4) is 0 Å². The third-order valence-electron chi connectivity index (χ3n) is 5.57. The first kappa shape index (κ1) is 32.4. The molecule has 0 saturated heterocycles. The lowest BCUT2D eigenvalue weighted by Crippen LogP contribution is -2.31. The molecule has 0 aliphatic heterocycles. The molecule has 12 heteroatoms. The molecule has 0 aliphatic rings. The fourth-order valence-corrected chi connectivity index (χ4v) is 6.36. The normalized spacial score (nSPS) is 11.7. The van der Waals surface area contributed by atoms with Crippen molar-refractivity contribution >= 4 is 31.7 Å². The highest BCUT2D eigenvalue weighted by molar-refractivity contribution is 7.89. The summed E-state index contributed by atoms with van der Waals surface area (Å²) in [5.41, 5.74) is 0.681.